The Labute approximate surface area is 108 Å². The van der Waals surface area contributed by atoms with Crippen LogP contribution in [-0.2, 0) is 14.9 Å². The summed E-state index contributed by atoms with van der Waals surface area (Å²) in [6.45, 7) is 1.62. The molecule has 0 spiro atoms. The van der Waals surface area contributed by atoms with Crippen molar-refractivity contribution in [3.05, 3.63) is 28.8 Å². The quantitative estimate of drug-likeness (QED) is 0.633. The monoisotopic (exact) mass is 306 g/mol. The Bertz CT molecular complexity index is 381. The van der Waals surface area contributed by atoms with Crippen LogP contribution in [0.2, 0.25) is 5.02 Å². The van der Waals surface area contributed by atoms with E-state index in [0.29, 0.717) is 16.1 Å². The van der Waals surface area contributed by atoms with E-state index in [1.807, 2.05) is 6.07 Å². The fourth-order valence-electron chi connectivity index (χ4n) is 1.13. The van der Waals surface area contributed by atoms with Crippen LogP contribution in [0.15, 0.2) is 18.2 Å². The summed E-state index contributed by atoms with van der Waals surface area (Å²) in [5.41, 5.74) is 0.972. The molecular formula is C11H12BrClO3. The van der Waals surface area contributed by atoms with Crippen molar-refractivity contribution in [2.24, 2.45) is 0 Å². The van der Waals surface area contributed by atoms with Crippen LogP contribution in [0.1, 0.15) is 12.5 Å². The number of methoxy groups -OCH3 is 1. The van der Waals surface area contributed by atoms with Gasteiger partial charge in [-0.25, -0.2) is 4.79 Å². The van der Waals surface area contributed by atoms with Gasteiger partial charge in [0.2, 0.25) is 0 Å². The zero-order chi connectivity index (χ0) is 12.1. The molecule has 3 nitrogen and oxygen atoms in total. The molecule has 1 aromatic carbocycles. The van der Waals surface area contributed by atoms with Gasteiger partial charge in [-0.2, -0.15) is 0 Å². The summed E-state index contributed by atoms with van der Waals surface area (Å²) in [5.74, 6) is 0.133. The van der Waals surface area contributed by atoms with Gasteiger partial charge >= 0.3 is 5.97 Å². The Morgan fingerprint density at radius 1 is 1.56 bits per heavy atom. The number of esters is 1. The van der Waals surface area contributed by atoms with Crippen molar-refractivity contribution in [3.63, 3.8) is 0 Å². The Hall–Kier alpha value is -0.740. The summed E-state index contributed by atoms with van der Waals surface area (Å²) in [5, 5.41) is 1.28. The third-order valence-electron chi connectivity index (χ3n) is 2.01. The van der Waals surface area contributed by atoms with E-state index in [0.717, 1.165) is 5.56 Å². The molecule has 88 valence electrons. The van der Waals surface area contributed by atoms with Gasteiger partial charge in [0, 0.05) is 10.4 Å². The number of hydrogen-bond acceptors (Lipinski definition) is 3. The van der Waals surface area contributed by atoms with Gasteiger partial charge in [0.15, 0.2) is 6.10 Å². The average molecular weight is 308 g/mol. The number of carbonyl (C=O) groups is 1. The highest BCUT2D eigenvalue weighted by Gasteiger charge is 2.15. The van der Waals surface area contributed by atoms with E-state index < -0.39 is 12.1 Å². The molecule has 1 rings (SSSR count). The minimum Gasteiger partial charge on any atom is -0.479 e. The smallest absolute Gasteiger partial charge is 0.346 e. The minimum atomic E-state index is -0.643. The molecule has 0 aliphatic carbocycles. The molecule has 0 N–H and O–H groups in total. The van der Waals surface area contributed by atoms with E-state index in [1.165, 1.54) is 7.11 Å². The first kappa shape index (κ1) is 13.3. The highest BCUT2D eigenvalue weighted by Crippen LogP contribution is 2.24. The van der Waals surface area contributed by atoms with Crippen LogP contribution in [0.4, 0.5) is 0 Å². The van der Waals surface area contributed by atoms with Gasteiger partial charge in [0.1, 0.15) is 5.75 Å². The van der Waals surface area contributed by atoms with Crippen molar-refractivity contribution in [2.45, 2.75) is 18.4 Å². The summed E-state index contributed by atoms with van der Waals surface area (Å²) < 4.78 is 9.93. The van der Waals surface area contributed by atoms with Crippen molar-refractivity contribution >= 4 is 33.5 Å². The molecular weight excluding hydrogens is 295 g/mol. The molecule has 5 heteroatoms. The molecule has 0 saturated heterocycles. The lowest BCUT2D eigenvalue weighted by atomic mass is 10.2. The number of alkyl halides is 1. The minimum absolute atomic E-state index is 0.416. The normalized spacial score (nSPS) is 12.0. The van der Waals surface area contributed by atoms with Crippen molar-refractivity contribution < 1.29 is 14.3 Å². The van der Waals surface area contributed by atoms with Gasteiger partial charge < -0.3 is 9.47 Å². The first-order valence-electron chi connectivity index (χ1n) is 4.67. The number of halogens is 2. The van der Waals surface area contributed by atoms with Crippen LogP contribution in [0, 0.1) is 0 Å². The molecule has 0 fully saturated rings. The first-order chi connectivity index (χ1) is 7.58. The lowest BCUT2D eigenvalue weighted by Crippen LogP contribution is -2.24. The van der Waals surface area contributed by atoms with E-state index in [1.54, 1.807) is 19.1 Å². The third kappa shape index (κ3) is 3.39. The highest BCUT2D eigenvalue weighted by molar-refractivity contribution is 9.08. The summed E-state index contributed by atoms with van der Waals surface area (Å²) in [4.78, 5) is 11.1. The number of rotatable bonds is 4. The topological polar surface area (TPSA) is 35.5 Å². The Morgan fingerprint density at radius 3 is 2.75 bits per heavy atom. The SMILES string of the molecule is COC(=O)C(C)Oc1ccc(CBr)c(Cl)c1. The van der Waals surface area contributed by atoms with Crippen molar-refractivity contribution in [2.75, 3.05) is 7.11 Å². The van der Waals surface area contributed by atoms with Crippen LogP contribution in [0.5, 0.6) is 5.75 Å². The molecule has 0 radical (unpaired) electrons. The second-order valence-electron chi connectivity index (χ2n) is 3.17. The molecule has 0 aromatic heterocycles. The lowest BCUT2D eigenvalue weighted by molar-refractivity contribution is -0.147. The first-order valence-corrected chi connectivity index (χ1v) is 6.17. The molecule has 1 aromatic rings. The maximum Gasteiger partial charge on any atom is 0.346 e. The van der Waals surface area contributed by atoms with Gasteiger partial charge in [-0.1, -0.05) is 33.6 Å². The zero-order valence-corrected chi connectivity index (χ0v) is 11.3. The summed E-state index contributed by atoms with van der Waals surface area (Å²) in [6.07, 6.45) is -0.643. The number of benzene rings is 1. The van der Waals surface area contributed by atoms with E-state index in [-0.39, 0.29) is 0 Å². The van der Waals surface area contributed by atoms with Crippen LogP contribution < -0.4 is 4.74 Å². The molecule has 1 unspecified atom stereocenters. The van der Waals surface area contributed by atoms with E-state index in [4.69, 9.17) is 16.3 Å². The van der Waals surface area contributed by atoms with E-state index in [2.05, 4.69) is 20.7 Å². The molecule has 0 amide bonds. The van der Waals surface area contributed by atoms with Gasteiger partial charge in [-0.05, 0) is 24.6 Å². The molecule has 0 heterocycles. The molecule has 0 bridgehead atoms. The molecule has 0 aliphatic heterocycles. The Morgan fingerprint density at radius 2 is 2.25 bits per heavy atom. The van der Waals surface area contributed by atoms with E-state index >= 15 is 0 Å². The van der Waals surface area contributed by atoms with Crippen molar-refractivity contribution in [1.29, 1.82) is 0 Å². The lowest BCUT2D eigenvalue weighted by Gasteiger charge is -2.13. The summed E-state index contributed by atoms with van der Waals surface area (Å²) in [6, 6.07) is 5.29. The summed E-state index contributed by atoms with van der Waals surface area (Å²) in [7, 11) is 1.32. The van der Waals surface area contributed by atoms with Crippen molar-refractivity contribution in [3.8, 4) is 5.75 Å². The number of ether oxygens (including phenoxy) is 2. The fourth-order valence-corrected chi connectivity index (χ4v) is 2.02. The van der Waals surface area contributed by atoms with Gasteiger partial charge in [0.25, 0.3) is 0 Å². The highest BCUT2D eigenvalue weighted by atomic mass is 79.9. The summed E-state index contributed by atoms with van der Waals surface area (Å²) >= 11 is 9.32. The Balaban J connectivity index is 2.75. The van der Waals surface area contributed by atoms with Gasteiger partial charge in [-0.3, -0.25) is 0 Å². The Kier molecular flexibility index (Phi) is 5.09. The maximum absolute atomic E-state index is 11.1. The predicted molar refractivity (Wildman–Crippen MR) is 66.2 cm³/mol. The van der Waals surface area contributed by atoms with E-state index in [9.17, 15) is 4.79 Å². The molecule has 1 atom stereocenters. The van der Waals surface area contributed by atoms with Crippen LogP contribution in [0.25, 0.3) is 0 Å². The molecule has 0 aliphatic rings. The average Bonchev–Trinajstić information content (AvgIpc) is 2.28. The van der Waals surface area contributed by atoms with Crippen LogP contribution in [-0.4, -0.2) is 19.2 Å². The standard InChI is InChI=1S/C11H12BrClO3/c1-7(11(14)15-2)16-9-4-3-8(6-12)10(13)5-9/h3-5,7H,6H2,1-2H3. The number of hydrogen-bond donors (Lipinski definition) is 0. The molecule has 16 heavy (non-hydrogen) atoms. The predicted octanol–water partition coefficient (Wildman–Crippen LogP) is 3.18. The molecule has 0 saturated carbocycles. The van der Waals surface area contributed by atoms with Gasteiger partial charge in [-0.15, -0.1) is 0 Å². The van der Waals surface area contributed by atoms with Gasteiger partial charge in [0.05, 0.1) is 7.11 Å². The van der Waals surface area contributed by atoms with Crippen LogP contribution >= 0.6 is 27.5 Å². The fraction of sp³-hybridized carbons (Fsp3) is 0.364. The second-order valence-corrected chi connectivity index (χ2v) is 4.14. The van der Waals surface area contributed by atoms with Crippen molar-refractivity contribution in [1.82, 2.24) is 0 Å². The third-order valence-corrected chi connectivity index (χ3v) is 2.97. The zero-order valence-electron chi connectivity index (χ0n) is 9.00. The number of carbonyl (C=O) groups excluding carboxylic acids is 1. The maximum atomic E-state index is 11.1. The second kappa shape index (κ2) is 6.11. The largest absolute Gasteiger partial charge is 0.479 e. The van der Waals surface area contributed by atoms with Crippen LogP contribution in [0.3, 0.4) is 0 Å².